The monoisotopic (exact) mass is 256 g/mol. The van der Waals surface area contributed by atoms with Gasteiger partial charge in [0.1, 0.15) is 5.54 Å². The minimum Gasteiger partial charge on any atom is -0.468 e. The van der Waals surface area contributed by atoms with Gasteiger partial charge in [0.15, 0.2) is 0 Å². The summed E-state index contributed by atoms with van der Waals surface area (Å²) in [4.78, 5) is 14.2. The predicted octanol–water partition coefficient (Wildman–Crippen LogP) is 0.379. The van der Waals surface area contributed by atoms with Crippen molar-refractivity contribution in [3.8, 4) is 0 Å². The van der Waals surface area contributed by atoms with Crippen LogP contribution in [0.3, 0.4) is 0 Å². The molecule has 1 aliphatic carbocycles. The van der Waals surface area contributed by atoms with Crippen molar-refractivity contribution in [2.45, 2.75) is 31.2 Å². The summed E-state index contributed by atoms with van der Waals surface area (Å²) in [5.41, 5.74) is 5.51. The lowest BCUT2D eigenvalue weighted by Crippen LogP contribution is -2.52. The van der Waals surface area contributed by atoms with E-state index >= 15 is 0 Å². The van der Waals surface area contributed by atoms with Gasteiger partial charge in [0.25, 0.3) is 0 Å². The van der Waals surface area contributed by atoms with Gasteiger partial charge in [-0.3, -0.25) is 9.69 Å². The molecule has 0 aromatic rings. The predicted molar refractivity (Wildman–Crippen MR) is 68.2 cm³/mol. The van der Waals surface area contributed by atoms with Crippen molar-refractivity contribution in [3.05, 3.63) is 0 Å². The van der Waals surface area contributed by atoms with E-state index in [0.29, 0.717) is 0 Å². The first-order valence-electron chi connectivity index (χ1n) is 6.84. The molecule has 1 saturated carbocycles. The molecule has 104 valence electrons. The van der Waals surface area contributed by atoms with Crippen LogP contribution in [0.25, 0.3) is 0 Å². The van der Waals surface area contributed by atoms with E-state index in [1.54, 1.807) is 0 Å². The van der Waals surface area contributed by atoms with Crippen LogP contribution in [0.2, 0.25) is 0 Å². The van der Waals surface area contributed by atoms with Crippen LogP contribution in [0.5, 0.6) is 0 Å². The highest BCUT2D eigenvalue weighted by atomic mass is 16.5. The summed E-state index contributed by atoms with van der Waals surface area (Å²) in [6, 6.07) is 0. The van der Waals surface area contributed by atoms with Crippen molar-refractivity contribution in [1.82, 2.24) is 4.90 Å². The molecule has 2 unspecified atom stereocenters. The average Bonchev–Trinajstić information content (AvgIpc) is 2.79. The molecule has 1 saturated heterocycles. The van der Waals surface area contributed by atoms with Crippen LogP contribution in [0.1, 0.15) is 25.7 Å². The SMILES string of the molecule is COC(=O)C1(N)CCCC1CCN1CCOCC1. The lowest BCUT2D eigenvalue weighted by Gasteiger charge is -2.32. The number of carbonyl (C=O) groups excluding carboxylic acids is 1. The summed E-state index contributed by atoms with van der Waals surface area (Å²) < 4.78 is 10.2. The van der Waals surface area contributed by atoms with E-state index in [9.17, 15) is 4.79 Å². The molecule has 0 spiro atoms. The van der Waals surface area contributed by atoms with Gasteiger partial charge >= 0.3 is 5.97 Å². The highest BCUT2D eigenvalue weighted by Crippen LogP contribution is 2.37. The van der Waals surface area contributed by atoms with E-state index in [1.165, 1.54) is 7.11 Å². The Kier molecular flexibility index (Phi) is 4.59. The summed E-state index contributed by atoms with van der Waals surface area (Å²) in [6.07, 6.45) is 3.80. The molecule has 2 N–H and O–H groups in total. The first-order chi connectivity index (χ1) is 8.66. The molecule has 2 fully saturated rings. The molecule has 5 heteroatoms. The zero-order valence-electron chi connectivity index (χ0n) is 11.2. The average molecular weight is 256 g/mol. The molecule has 0 amide bonds. The maximum Gasteiger partial charge on any atom is 0.326 e. The third-order valence-corrected chi connectivity index (χ3v) is 4.33. The normalized spacial score (nSPS) is 33.6. The van der Waals surface area contributed by atoms with Gasteiger partial charge in [-0.1, -0.05) is 6.42 Å². The lowest BCUT2D eigenvalue weighted by molar-refractivity contribution is -0.148. The Hall–Kier alpha value is -0.650. The number of ether oxygens (including phenoxy) is 2. The smallest absolute Gasteiger partial charge is 0.326 e. The van der Waals surface area contributed by atoms with Crippen LogP contribution in [0, 0.1) is 5.92 Å². The molecule has 5 nitrogen and oxygen atoms in total. The van der Waals surface area contributed by atoms with Crippen LogP contribution >= 0.6 is 0 Å². The van der Waals surface area contributed by atoms with Gasteiger partial charge < -0.3 is 15.2 Å². The lowest BCUT2D eigenvalue weighted by atomic mass is 9.85. The summed E-state index contributed by atoms with van der Waals surface area (Å²) >= 11 is 0. The highest BCUT2D eigenvalue weighted by Gasteiger charge is 2.46. The standard InChI is InChI=1S/C13H24N2O3/c1-17-12(16)13(14)5-2-3-11(13)4-6-15-7-9-18-10-8-15/h11H,2-10,14H2,1H3. The molecule has 2 aliphatic rings. The summed E-state index contributed by atoms with van der Waals surface area (Å²) in [5, 5.41) is 0. The van der Waals surface area contributed by atoms with E-state index < -0.39 is 5.54 Å². The van der Waals surface area contributed by atoms with Crippen LogP contribution in [-0.4, -0.2) is 56.4 Å². The van der Waals surface area contributed by atoms with Gasteiger partial charge in [-0.2, -0.15) is 0 Å². The summed E-state index contributed by atoms with van der Waals surface area (Å²) in [6.45, 7) is 4.61. The molecular weight excluding hydrogens is 232 g/mol. The second-order valence-corrected chi connectivity index (χ2v) is 5.36. The maximum absolute atomic E-state index is 11.8. The Morgan fingerprint density at radius 2 is 2.22 bits per heavy atom. The van der Waals surface area contributed by atoms with Crippen molar-refractivity contribution in [1.29, 1.82) is 0 Å². The Morgan fingerprint density at radius 1 is 1.50 bits per heavy atom. The number of hydrogen-bond acceptors (Lipinski definition) is 5. The molecule has 2 atom stereocenters. The van der Waals surface area contributed by atoms with Crippen molar-refractivity contribution in [2.24, 2.45) is 11.7 Å². The highest BCUT2D eigenvalue weighted by molar-refractivity contribution is 5.81. The first kappa shape index (κ1) is 13.8. The number of nitrogens with two attached hydrogens (primary N) is 1. The van der Waals surface area contributed by atoms with Gasteiger partial charge in [-0.25, -0.2) is 0 Å². The Bertz CT molecular complexity index is 292. The molecule has 0 radical (unpaired) electrons. The number of nitrogens with zero attached hydrogens (tertiary/aromatic N) is 1. The number of carbonyl (C=O) groups is 1. The first-order valence-corrected chi connectivity index (χ1v) is 6.84. The van der Waals surface area contributed by atoms with Crippen LogP contribution < -0.4 is 5.73 Å². The van der Waals surface area contributed by atoms with Gasteiger partial charge in [-0.15, -0.1) is 0 Å². The van der Waals surface area contributed by atoms with E-state index in [-0.39, 0.29) is 11.9 Å². The number of rotatable bonds is 4. The van der Waals surface area contributed by atoms with Gasteiger partial charge in [0.2, 0.25) is 0 Å². The molecular formula is C13H24N2O3. The minimum absolute atomic E-state index is 0.244. The molecule has 2 rings (SSSR count). The summed E-state index contributed by atoms with van der Waals surface area (Å²) in [5.74, 6) is 0.0137. The molecule has 0 bridgehead atoms. The minimum atomic E-state index is -0.749. The van der Waals surface area contributed by atoms with Crippen LogP contribution in [0.15, 0.2) is 0 Å². The van der Waals surface area contributed by atoms with Gasteiger partial charge in [0, 0.05) is 13.1 Å². The summed E-state index contributed by atoms with van der Waals surface area (Å²) in [7, 11) is 1.42. The Labute approximate surface area is 109 Å². The number of hydrogen-bond donors (Lipinski definition) is 1. The van der Waals surface area contributed by atoms with E-state index in [0.717, 1.165) is 58.5 Å². The fraction of sp³-hybridized carbons (Fsp3) is 0.923. The van der Waals surface area contributed by atoms with Crippen molar-refractivity contribution < 1.29 is 14.3 Å². The molecule has 18 heavy (non-hydrogen) atoms. The second kappa shape index (κ2) is 5.99. The number of morpholine rings is 1. The molecule has 1 heterocycles. The molecule has 0 aromatic heterocycles. The fourth-order valence-electron chi connectivity index (χ4n) is 3.13. The number of esters is 1. The Balaban J connectivity index is 1.85. The second-order valence-electron chi connectivity index (χ2n) is 5.36. The van der Waals surface area contributed by atoms with Crippen molar-refractivity contribution in [3.63, 3.8) is 0 Å². The Morgan fingerprint density at radius 3 is 2.89 bits per heavy atom. The third kappa shape index (κ3) is 2.84. The number of methoxy groups -OCH3 is 1. The van der Waals surface area contributed by atoms with Crippen molar-refractivity contribution in [2.75, 3.05) is 40.0 Å². The third-order valence-electron chi connectivity index (χ3n) is 4.33. The van der Waals surface area contributed by atoms with E-state index in [1.807, 2.05) is 0 Å². The van der Waals surface area contributed by atoms with Crippen LogP contribution in [0.4, 0.5) is 0 Å². The zero-order chi connectivity index (χ0) is 13.0. The topological polar surface area (TPSA) is 64.8 Å². The maximum atomic E-state index is 11.8. The quantitative estimate of drug-likeness (QED) is 0.737. The van der Waals surface area contributed by atoms with Gasteiger partial charge in [-0.05, 0) is 31.7 Å². The molecule has 0 aromatic carbocycles. The van der Waals surface area contributed by atoms with E-state index in [2.05, 4.69) is 4.90 Å². The van der Waals surface area contributed by atoms with Crippen LogP contribution in [-0.2, 0) is 14.3 Å². The fourth-order valence-corrected chi connectivity index (χ4v) is 3.13. The van der Waals surface area contributed by atoms with Gasteiger partial charge in [0.05, 0.1) is 20.3 Å². The van der Waals surface area contributed by atoms with Crippen molar-refractivity contribution >= 4 is 5.97 Å². The largest absolute Gasteiger partial charge is 0.468 e. The van der Waals surface area contributed by atoms with E-state index in [4.69, 9.17) is 15.2 Å². The molecule has 1 aliphatic heterocycles. The zero-order valence-corrected chi connectivity index (χ0v) is 11.2.